The first-order valence-corrected chi connectivity index (χ1v) is 8.94. The van der Waals surface area contributed by atoms with Crippen LogP contribution in [0.15, 0.2) is 57.1 Å². The van der Waals surface area contributed by atoms with Crippen molar-refractivity contribution in [3.63, 3.8) is 0 Å². The van der Waals surface area contributed by atoms with Crippen LogP contribution >= 0.6 is 0 Å². The minimum atomic E-state index is -3.47. The molecule has 3 rings (SSSR count). The highest BCUT2D eigenvalue weighted by atomic mass is 32.2. The van der Waals surface area contributed by atoms with E-state index >= 15 is 0 Å². The van der Waals surface area contributed by atoms with Gasteiger partial charge in [0.1, 0.15) is 17.6 Å². The van der Waals surface area contributed by atoms with Gasteiger partial charge in [-0.25, -0.2) is 13.2 Å². The Bertz CT molecular complexity index is 896. The zero-order valence-electron chi connectivity index (χ0n) is 13.1. The molecule has 0 saturated carbocycles. The molecule has 0 atom stereocenters. The van der Waals surface area contributed by atoms with Crippen molar-refractivity contribution in [3.8, 4) is 5.75 Å². The molecule has 2 heterocycles. The van der Waals surface area contributed by atoms with Crippen molar-refractivity contribution in [2.75, 3.05) is 13.1 Å². The van der Waals surface area contributed by atoms with Gasteiger partial charge in [-0.15, -0.1) is 0 Å². The van der Waals surface area contributed by atoms with E-state index < -0.39 is 15.6 Å². The number of rotatable bonds is 5. The van der Waals surface area contributed by atoms with E-state index in [-0.39, 0.29) is 19.2 Å². The zero-order valence-corrected chi connectivity index (χ0v) is 13.9. The van der Waals surface area contributed by atoms with E-state index in [9.17, 15) is 13.2 Å². The predicted octanol–water partition coefficient (Wildman–Crippen LogP) is 2.01. The number of nitrogens with zero attached hydrogens (tertiary/aromatic N) is 1. The molecule has 0 radical (unpaired) electrons. The molecule has 1 saturated heterocycles. The summed E-state index contributed by atoms with van der Waals surface area (Å²) in [5.74, 6) is 0.845. The summed E-state index contributed by atoms with van der Waals surface area (Å²) in [5.41, 5.74) is 0.334. The molecule has 1 aromatic carbocycles. The van der Waals surface area contributed by atoms with Gasteiger partial charge in [-0.05, 0) is 18.6 Å². The van der Waals surface area contributed by atoms with E-state index in [0.717, 1.165) is 5.56 Å². The van der Waals surface area contributed by atoms with Crippen LogP contribution in [-0.2, 0) is 10.0 Å². The summed E-state index contributed by atoms with van der Waals surface area (Å²) in [6, 6.07) is 12.1. The summed E-state index contributed by atoms with van der Waals surface area (Å²) in [4.78, 5) is 11.3. The van der Waals surface area contributed by atoms with Crippen LogP contribution in [0.2, 0.25) is 0 Å². The lowest BCUT2D eigenvalue weighted by atomic mass is 10.2. The Balaban J connectivity index is 1.59. The quantitative estimate of drug-likeness (QED) is 0.827. The van der Waals surface area contributed by atoms with Crippen LogP contribution in [0.4, 0.5) is 0 Å². The van der Waals surface area contributed by atoms with Gasteiger partial charge >= 0.3 is 5.63 Å². The lowest BCUT2D eigenvalue weighted by Gasteiger charge is -2.36. The third kappa shape index (κ3) is 3.93. The second-order valence-corrected chi connectivity index (χ2v) is 7.36. The molecule has 24 heavy (non-hydrogen) atoms. The maximum absolute atomic E-state index is 12.2. The largest absolute Gasteiger partial charge is 0.487 e. The highest BCUT2D eigenvalue weighted by Gasteiger charge is 2.36. The fourth-order valence-corrected chi connectivity index (χ4v) is 3.58. The van der Waals surface area contributed by atoms with Gasteiger partial charge in [0.25, 0.3) is 0 Å². The van der Waals surface area contributed by atoms with Crippen LogP contribution < -0.4 is 10.4 Å². The number of hydrogen-bond acceptors (Lipinski definition) is 5. The molecular weight excluding hydrogens is 330 g/mol. The smallest absolute Gasteiger partial charge is 0.339 e. The maximum Gasteiger partial charge on any atom is 0.339 e. The average Bonchev–Trinajstić information content (AvgIpc) is 2.48. The highest BCUT2D eigenvalue weighted by molar-refractivity contribution is 7.92. The molecule has 0 spiro atoms. The Morgan fingerprint density at radius 2 is 1.92 bits per heavy atom. The van der Waals surface area contributed by atoms with Gasteiger partial charge in [0, 0.05) is 11.5 Å². The number of hydrogen-bond donors (Lipinski definition) is 0. The normalized spacial score (nSPS) is 16.2. The third-order valence-corrected chi connectivity index (χ3v) is 5.07. The molecule has 1 aromatic heterocycles. The second kappa shape index (κ2) is 6.62. The van der Waals surface area contributed by atoms with Crippen molar-refractivity contribution in [1.82, 2.24) is 4.31 Å². The van der Waals surface area contributed by atoms with Gasteiger partial charge in [-0.1, -0.05) is 30.3 Å². The second-order valence-electron chi connectivity index (χ2n) is 5.54. The van der Waals surface area contributed by atoms with Gasteiger partial charge in [-0.2, -0.15) is 4.31 Å². The van der Waals surface area contributed by atoms with Crippen LogP contribution in [0.25, 0.3) is 6.08 Å². The monoisotopic (exact) mass is 347 g/mol. The first-order chi connectivity index (χ1) is 11.4. The zero-order chi connectivity index (χ0) is 17.2. The van der Waals surface area contributed by atoms with Gasteiger partial charge in [-0.3, -0.25) is 0 Å². The van der Waals surface area contributed by atoms with E-state index in [4.69, 9.17) is 9.15 Å². The number of aryl methyl sites for hydroxylation is 1. The summed E-state index contributed by atoms with van der Waals surface area (Å²) in [6.45, 7) is 2.15. The first-order valence-electron chi connectivity index (χ1n) is 7.44. The van der Waals surface area contributed by atoms with Crippen molar-refractivity contribution >= 4 is 16.1 Å². The van der Waals surface area contributed by atoms with Crippen LogP contribution in [-0.4, -0.2) is 31.9 Å². The molecule has 1 fully saturated rings. The van der Waals surface area contributed by atoms with Crippen molar-refractivity contribution in [3.05, 3.63) is 69.6 Å². The minimum Gasteiger partial charge on any atom is -0.487 e. The molecule has 1 aliphatic heterocycles. The number of sulfonamides is 1. The standard InChI is InChI=1S/C17H17NO5S/c1-13-9-15(10-17(19)22-13)23-16-11-18(12-16)24(20,21)8-7-14-5-3-2-4-6-14/h2-10,16H,11-12H2,1H3. The third-order valence-electron chi connectivity index (χ3n) is 3.58. The molecule has 126 valence electrons. The van der Waals surface area contributed by atoms with Gasteiger partial charge in [0.15, 0.2) is 0 Å². The van der Waals surface area contributed by atoms with Crippen molar-refractivity contribution < 1.29 is 17.6 Å². The lowest BCUT2D eigenvalue weighted by Crippen LogP contribution is -2.55. The van der Waals surface area contributed by atoms with Crippen LogP contribution in [0.1, 0.15) is 11.3 Å². The molecule has 2 aromatic rings. The van der Waals surface area contributed by atoms with E-state index in [1.54, 1.807) is 19.1 Å². The molecule has 1 aliphatic rings. The molecular formula is C17H17NO5S. The fraction of sp³-hybridized carbons (Fsp3) is 0.235. The maximum atomic E-state index is 12.2. The Hall–Kier alpha value is -2.38. The SMILES string of the molecule is Cc1cc(OC2CN(S(=O)(=O)C=Cc3ccccc3)C2)cc(=O)o1. The van der Waals surface area contributed by atoms with Crippen molar-refractivity contribution in [2.24, 2.45) is 0 Å². The Morgan fingerprint density at radius 1 is 1.21 bits per heavy atom. The average molecular weight is 347 g/mol. The Kier molecular flexibility index (Phi) is 4.55. The Morgan fingerprint density at radius 3 is 2.58 bits per heavy atom. The molecule has 0 N–H and O–H groups in total. The molecule has 0 aliphatic carbocycles. The summed E-state index contributed by atoms with van der Waals surface area (Å²) < 4.78 is 36.2. The molecule has 0 unspecified atom stereocenters. The molecule has 0 bridgehead atoms. The number of ether oxygens (including phenoxy) is 1. The summed E-state index contributed by atoms with van der Waals surface area (Å²) in [7, 11) is -3.47. The van der Waals surface area contributed by atoms with Gasteiger partial charge in [0.05, 0.1) is 19.2 Å². The molecule has 6 nitrogen and oxygen atoms in total. The fourth-order valence-electron chi connectivity index (χ4n) is 2.33. The molecule has 7 heteroatoms. The van der Waals surface area contributed by atoms with Crippen LogP contribution in [0.3, 0.4) is 0 Å². The summed E-state index contributed by atoms with van der Waals surface area (Å²) >= 11 is 0. The van der Waals surface area contributed by atoms with Crippen LogP contribution in [0.5, 0.6) is 5.75 Å². The topological polar surface area (TPSA) is 76.8 Å². The number of benzene rings is 1. The van der Waals surface area contributed by atoms with E-state index in [1.807, 2.05) is 30.3 Å². The Labute approximate surface area is 140 Å². The van der Waals surface area contributed by atoms with Gasteiger partial charge < -0.3 is 9.15 Å². The lowest BCUT2D eigenvalue weighted by molar-refractivity contribution is 0.0763. The minimum absolute atomic E-state index is 0.251. The first kappa shape index (κ1) is 16.5. The van der Waals surface area contributed by atoms with E-state index in [2.05, 4.69) is 0 Å². The summed E-state index contributed by atoms with van der Waals surface area (Å²) in [6.07, 6.45) is 1.29. The predicted molar refractivity (Wildman–Crippen MR) is 90.1 cm³/mol. The van der Waals surface area contributed by atoms with Crippen molar-refractivity contribution in [1.29, 1.82) is 0 Å². The highest BCUT2D eigenvalue weighted by Crippen LogP contribution is 2.21. The summed E-state index contributed by atoms with van der Waals surface area (Å²) in [5, 5.41) is 1.19. The van der Waals surface area contributed by atoms with Crippen molar-refractivity contribution in [2.45, 2.75) is 13.0 Å². The van der Waals surface area contributed by atoms with E-state index in [0.29, 0.717) is 11.5 Å². The molecule has 0 amide bonds. The van der Waals surface area contributed by atoms with E-state index in [1.165, 1.54) is 15.8 Å². The van der Waals surface area contributed by atoms with Crippen LogP contribution in [0, 0.1) is 6.92 Å². The van der Waals surface area contributed by atoms with Gasteiger partial charge in [0.2, 0.25) is 10.0 Å².